The Labute approximate surface area is 179 Å². The van der Waals surface area contributed by atoms with E-state index >= 15 is 0 Å². The Hall–Kier alpha value is -3.44. The summed E-state index contributed by atoms with van der Waals surface area (Å²) < 4.78 is 13.3. The monoisotopic (exact) mass is 420 g/mol. The van der Waals surface area contributed by atoms with Crippen LogP contribution in [0.15, 0.2) is 89.6 Å². The van der Waals surface area contributed by atoms with Gasteiger partial charge in [-0.15, -0.1) is 0 Å². The molecule has 4 aromatic rings. The van der Waals surface area contributed by atoms with Gasteiger partial charge in [-0.2, -0.15) is 0 Å². The molecule has 152 valence electrons. The molecule has 0 saturated carbocycles. The maximum atomic E-state index is 12.5. The van der Waals surface area contributed by atoms with Crippen molar-refractivity contribution in [3.63, 3.8) is 0 Å². The van der Waals surface area contributed by atoms with Crippen molar-refractivity contribution < 1.29 is 13.9 Å². The van der Waals surface area contributed by atoms with E-state index in [0.29, 0.717) is 16.5 Å². The molecule has 6 heteroatoms. The van der Waals surface area contributed by atoms with Gasteiger partial charge in [0.05, 0.1) is 6.04 Å². The Bertz CT molecular complexity index is 1100. The highest BCUT2D eigenvalue weighted by Crippen LogP contribution is 2.19. The predicted molar refractivity (Wildman–Crippen MR) is 116 cm³/mol. The molecule has 1 unspecified atom stereocenters. The number of amides is 1. The lowest BCUT2D eigenvalue weighted by atomic mass is 10.1. The van der Waals surface area contributed by atoms with Crippen molar-refractivity contribution in [2.24, 2.45) is 0 Å². The van der Waals surface area contributed by atoms with Crippen molar-refractivity contribution in [2.75, 3.05) is 0 Å². The smallest absolute Gasteiger partial charge is 0.287 e. The largest absolute Gasteiger partial charge is 0.486 e. The van der Waals surface area contributed by atoms with E-state index in [4.69, 9.17) is 20.8 Å². The van der Waals surface area contributed by atoms with Gasteiger partial charge in [-0.1, -0.05) is 23.7 Å². The number of ether oxygens (including phenoxy) is 1. The third-order valence-corrected chi connectivity index (χ3v) is 4.98. The number of hydrogen-bond donors (Lipinski definition) is 1. The Morgan fingerprint density at radius 1 is 1.03 bits per heavy atom. The minimum atomic E-state index is -0.269. The maximum Gasteiger partial charge on any atom is 0.287 e. The van der Waals surface area contributed by atoms with Crippen LogP contribution in [0, 0.1) is 0 Å². The lowest BCUT2D eigenvalue weighted by Crippen LogP contribution is -2.26. The van der Waals surface area contributed by atoms with Gasteiger partial charge in [0.1, 0.15) is 18.1 Å². The van der Waals surface area contributed by atoms with Crippen molar-refractivity contribution in [3.8, 4) is 11.4 Å². The first-order valence-electron chi connectivity index (χ1n) is 9.60. The molecule has 5 nitrogen and oxygen atoms in total. The van der Waals surface area contributed by atoms with Crippen LogP contribution in [-0.2, 0) is 6.61 Å². The zero-order valence-electron chi connectivity index (χ0n) is 16.4. The van der Waals surface area contributed by atoms with E-state index in [1.807, 2.05) is 60.3 Å². The second-order valence-corrected chi connectivity index (χ2v) is 7.32. The fourth-order valence-electron chi connectivity index (χ4n) is 3.06. The average molecular weight is 421 g/mol. The number of benzene rings is 2. The van der Waals surface area contributed by atoms with Crippen LogP contribution in [-0.4, -0.2) is 10.5 Å². The Morgan fingerprint density at radius 3 is 2.43 bits per heavy atom. The third-order valence-electron chi connectivity index (χ3n) is 4.72. The van der Waals surface area contributed by atoms with E-state index in [1.54, 1.807) is 36.4 Å². The number of hydrogen-bond acceptors (Lipinski definition) is 3. The number of nitrogens with zero attached hydrogens (tertiary/aromatic N) is 1. The number of nitrogens with one attached hydrogen (secondary N) is 1. The normalized spacial score (nSPS) is 11.8. The SMILES string of the molecule is CC(NC(=O)c1ccc(COc2ccc(Cl)cc2)o1)c1ccc(-n2cccc2)cc1. The van der Waals surface area contributed by atoms with Crippen LogP contribution in [0.1, 0.15) is 34.8 Å². The molecule has 0 saturated heterocycles. The second-order valence-electron chi connectivity index (χ2n) is 6.89. The van der Waals surface area contributed by atoms with E-state index in [1.165, 1.54) is 0 Å². The molecule has 0 bridgehead atoms. The van der Waals surface area contributed by atoms with Gasteiger partial charge in [-0.05, 0) is 73.2 Å². The molecule has 1 N–H and O–H groups in total. The van der Waals surface area contributed by atoms with Crippen molar-refractivity contribution in [3.05, 3.63) is 107 Å². The van der Waals surface area contributed by atoms with Crippen LogP contribution >= 0.6 is 11.6 Å². The highest BCUT2D eigenvalue weighted by molar-refractivity contribution is 6.30. The van der Waals surface area contributed by atoms with Crippen molar-refractivity contribution >= 4 is 17.5 Å². The highest BCUT2D eigenvalue weighted by Gasteiger charge is 2.15. The fourth-order valence-corrected chi connectivity index (χ4v) is 3.18. The minimum Gasteiger partial charge on any atom is -0.486 e. The Morgan fingerprint density at radius 2 is 1.73 bits per heavy atom. The van der Waals surface area contributed by atoms with Gasteiger partial charge in [-0.25, -0.2) is 0 Å². The summed E-state index contributed by atoms with van der Waals surface area (Å²) in [5.74, 6) is 1.23. The molecule has 1 atom stereocenters. The lowest BCUT2D eigenvalue weighted by molar-refractivity contribution is 0.0907. The van der Waals surface area contributed by atoms with Crippen LogP contribution in [0.25, 0.3) is 5.69 Å². The zero-order valence-corrected chi connectivity index (χ0v) is 17.2. The molecule has 0 fully saturated rings. The quantitative estimate of drug-likeness (QED) is 0.411. The molecular formula is C24H21ClN2O3. The molecule has 0 radical (unpaired) electrons. The Balaban J connectivity index is 1.33. The second kappa shape index (κ2) is 8.93. The van der Waals surface area contributed by atoms with E-state index < -0.39 is 0 Å². The van der Waals surface area contributed by atoms with Crippen LogP contribution in [0.4, 0.5) is 0 Å². The van der Waals surface area contributed by atoms with E-state index in [9.17, 15) is 4.79 Å². The van der Waals surface area contributed by atoms with Crippen LogP contribution in [0.3, 0.4) is 0 Å². The topological polar surface area (TPSA) is 56.4 Å². The lowest BCUT2D eigenvalue weighted by Gasteiger charge is -2.14. The van der Waals surface area contributed by atoms with Crippen LogP contribution < -0.4 is 10.1 Å². The average Bonchev–Trinajstić information content (AvgIpc) is 3.46. The van der Waals surface area contributed by atoms with E-state index in [2.05, 4.69) is 5.32 Å². The van der Waals surface area contributed by atoms with E-state index in [-0.39, 0.29) is 24.3 Å². The summed E-state index contributed by atoms with van der Waals surface area (Å²) in [7, 11) is 0. The number of halogens is 1. The molecule has 2 aromatic heterocycles. The number of aromatic nitrogens is 1. The summed E-state index contributed by atoms with van der Waals surface area (Å²) in [6.07, 6.45) is 3.98. The zero-order chi connectivity index (χ0) is 20.9. The molecule has 0 aliphatic heterocycles. The summed E-state index contributed by atoms with van der Waals surface area (Å²) in [6, 6.07) is 22.3. The van der Waals surface area contributed by atoms with Crippen molar-refractivity contribution in [2.45, 2.75) is 19.6 Å². The van der Waals surface area contributed by atoms with Crippen LogP contribution in [0.2, 0.25) is 5.02 Å². The summed E-state index contributed by atoms with van der Waals surface area (Å²) in [5, 5.41) is 3.61. The van der Waals surface area contributed by atoms with Crippen LogP contribution in [0.5, 0.6) is 5.75 Å². The molecule has 1 amide bonds. The summed E-state index contributed by atoms with van der Waals surface area (Å²) in [6.45, 7) is 2.17. The number of furan rings is 1. The number of carbonyl (C=O) groups excluding carboxylic acids is 1. The molecule has 2 heterocycles. The molecule has 30 heavy (non-hydrogen) atoms. The van der Waals surface area contributed by atoms with Gasteiger partial charge in [0.15, 0.2) is 5.76 Å². The first-order valence-corrected chi connectivity index (χ1v) is 9.97. The fraction of sp³-hybridized carbons (Fsp3) is 0.125. The van der Waals surface area contributed by atoms with Gasteiger partial charge < -0.3 is 19.0 Å². The molecule has 4 rings (SSSR count). The molecule has 2 aromatic carbocycles. The summed E-state index contributed by atoms with van der Waals surface area (Å²) in [4.78, 5) is 12.5. The van der Waals surface area contributed by atoms with Gasteiger partial charge in [0.25, 0.3) is 5.91 Å². The van der Waals surface area contributed by atoms with Crippen molar-refractivity contribution in [1.29, 1.82) is 0 Å². The number of rotatable bonds is 7. The first-order chi connectivity index (χ1) is 14.6. The minimum absolute atomic E-state index is 0.157. The number of carbonyl (C=O) groups is 1. The van der Waals surface area contributed by atoms with Gasteiger partial charge in [0, 0.05) is 23.1 Å². The predicted octanol–water partition coefficient (Wildman–Crippen LogP) is 5.79. The van der Waals surface area contributed by atoms with Crippen molar-refractivity contribution in [1.82, 2.24) is 9.88 Å². The molecule has 0 aliphatic rings. The first kappa shape index (κ1) is 19.9. The summed E-state index contributed by atoms with van der Waals surface area (Å²) >= 11 is 5.86. The third kappa shape index (κ3) is 4.75. The molecule has 0 aliphatic carbocycles. The van der Waals surface area contributed by atoms with Gasteiger partial charge >= 0.3 is 0 Å². The molecule has 0 spiro atoms. The standard InChI is InChI=1S/C24H21ClN2O3/c1-17(18-4-8-20(9-5-18)27-14-2-3-15-27)26-24(28)23-13-12-22(30-23)16-29-21-10-6-19(25)7-11-21/h2-15,17H,16H2,1H3,(H,26,28). The highest BCUT2D eigenvalue weighted by atomic mass is 35.5. The maximum absolute atomic E-state index is 12.5. The van der Waals surface area contributed by atoms with Gasteiger partial charge in [-0.3, -0.25) is 4.79 Å². The van der Waals surface area contributed by atoms with E-state index in [0.717, 1.165) is 11.3 Å². The summed E-state index contributed by atoms with van der Waals surface area (Å²) in [5.41, 5.74) is 2.08. The molecular weight excluding hydrogens is 400 g/mol. The Kier molecular flexibility index (Phi) is 5.91. The van der Waals surface area contributed by atoms with Gasteiger partial charge in [0.2, 0.25) is 0 Å².